The van der Waals surface area contributed by atoms with Gasteiger partial charge in [-0.3, -0.25) is 53.0 Å². The van der Waals surface area contributed by atoms with E-state index < -0.39 is 120 Å². The number of rotatable bonds is 56. The number of carbonyl (C=O) groups is 11. The van der Waals surface area contributed by atoms with Crippen LogP contribution in [0.4, 0.5) is 5.69 Å². The molecular weight excluding hydrogens is 1690 g/mol. The highest BCUT2D eigenvalue weighted by Crippen LogP contribution is 2.49. The topological polar surface area (TPSA) is 368 Å². The number of likely N-dealkylation sites (N-methyl/N-ethyl adjacent to an activating group) is 2. The van der Waals surface area contributed by atoms with Crippen LogP contribution in [0.25, 0.3) is 0 Å². The number of nitrogens with one attached hydrogen (secondary N) is 4. The van der Waals surface area contributed by atoms with Crippen molar-refractivity contribution in [3.8, 4) is 5.75 Å². The number of benzene rings is 3. The quantitative estimate of drug-likeness (QED) is 0.0157. The molecule has 3 aromatic rings. The van der Waals surface area contributed by atoms with Gasteiger partial charge in [-0.2, -0.15) is 11.8 Å². The molecule has 131 heavy (non-hydrogen) atoms. The number of likely N-dealkylation sites (tertiary alicyclic amines) is 4. The maximum absolute atomic E-state index is 15.7. The van der Waals surface area contributed by atoms with E-state index in [0.29, 0.717) is 86.9 Å². The Hall–Kier alpha value is -8.26. The number of nitrogens with zero attached hydrogens (tertiary/aromatic N) is 6. The van der Waals surface area contributed by atoms with Crippen LogP contribution in [0.2, 0.25) is 0 Å². The molecule has 2 saturated carbocycles. The third-order valence-electron chi connectivity index (χ3n) is 30.2. The van der Waals surface area contributed by atoms with E-state index in [4.69, 9.17) is 29.4 Å². The highest BCUT2D eigenvalue weighted by atomic mass is 32.2. The number of carboxylic acid groups (broad SMARTS) is 2. The number of methoxy groups -OCH3 is 4. The van der Waals surface area contributed by atoms with E-state index in [0.717, 1.165) is 113 Å². The lowest BCUT2D eigenvalue weighted by molar-refractivity contribution is -0.148. The number of nitrogen functional groups attached to an aromatic ring is 1. The number of amides is 8. The molecule has 4 bridgehead atoms. The number of anilines is 1. The number of unbranched alkanes of at least 4 members (excludes halogenated alkanes) is 6. The van der Waals surface area contributed by atoms with Gasteiger partial charge in [-0.15, -0.1) is 0 Å². The molecule has 4 saturated heterocycles. The molecule has 8 amide bonds. The fraction of sp³-hybridized carbons (Fsp3) is 0.713. The fourth-order valence-electron chi connectivity index (χ4n) is 22.5. The van der Waals surface area contributed by atoms with Crippen LogP contribution in [0.1, 0.15) is 226 Å². The fourth-order valence-corrected chi connectivity index (χ4v) is 23.8. The maximum atomic E-state index is 15.7. The normalized spacial score (nSPS) is 23.9. The van der Waals surface area contributed by atoms with Gasteiger partial charge in [-0.1, -0.05) is 175 Å². The molecule has 24 atom stereocenters. The average molecular weight is 1850 g/mol. The van der Waals surface area contributed by atoms with E-state index in [2.05, 4.69) is 51.8 Å². The van der Waals surface area contributed by atoms with E-state index in [1.54, 1.807) is 91.7 Å². The van der Waals surface area contributed by atoms with Crippen molar-refractivity contribution in [1.82, 2.24) is 50.7 Å². The van der Waals surface area contributed by atoms with Crippen LogP contribution >= 0.6 is 11.8 Å². The van der Waals surface area contributed by atoms with Gasteiger partial charge in [0.1, 0.15) is 29.9 Å². The molecule has 0 spiro atoms. The van der Waals surface area contributed by atoms with Crippen molar-refractivity contribution in [2.45, 2.75) is 314 Å². The zero-order chi connectivity index (χ0) is 95.6. The number of hydrogen-bond donors (Lipinski definition) is 7. The van der Waals surface area contributed by atoms with Crippen molar-refractivity contribution in [3.05, 3.63) is 95.6 Å². The molecule has 8 N–H and O–H groups in total. The number of ether oxygens (including phenoxy) is 5. The van der Waals surface area contributed by atoms with Gasteiger partial charge in [0.15, 0.2) is 6.29 Å². The number of aliphatic carboxylic acids is 2. The Bertz CT molecular complexity index is 4190. The Kier molecular flexibility index (Phi) is 41.8. The van der Waals surface area contributed by atoms with Crippen LogP contribution in [0, 0.1) is 59.2 Å². The Balaban J connectivity index is 0.831. The van der Waals surface area contributed by atoms with Crippen molar-refractivity contribution in [2.75, 3.05) is 92.6 Å². The molecule has 29 nitrogen and oxygen atoms in total. The van der Waals surface area contributed by atoms with Crippen molar-refractivity contribution < 1.29 is 86.6 Å². The number of nitrogens with two attached hydrogens (primary N) is 1. The number of thioether (sulfide) groups is 1. The highest BCUT2D eigenvalue weighted by molar-refractivity contribution is 7.99. The second kappa shape index (κ2) is 51.4. The molecule has 30 heteroatoms. The average Bonchev–Trinajstić information content (AvgIpc) is 1.60. The molecular formula is C101H157N11O18S. The number of piperidine rings is 2. The molecule has 0 unspecified atom stereocenters. The van der Waals surface area contributed by atoms with Gasteiger partial charge in [0, 0.05) is 97.9 Å². The van der Waals surface area contributed by atoms with Crippen LogP contribution in [0.5, 0.6) is 5.75 Å². The zero-order valence-electron chi connectivity index (χ0n) is 81.2. The summed E-state index contributed by atoms with van der Waals surface area (Å²) < 4.78 is 30.8. The van der Waals surface area contributed by atoms with Gasteiger partial charge in [-0.05, 0) is 172 Å². The largest absolute Gasteiger partial charge is 0.494 e. The molecule has 4 aliphatic heterocycles. The third kappa shape index (κ3) is 27.1. The summed E-state index contributed by atoms with van der Waals surface area (Å²) in [6.45, 7) is 24.6. The van der Waals surface area contributed by atoms with Gasteiger partial charge >= 0.3 is 11.9 Å². The van der Waals surface area contributed by atoms with Crippen LogP contribution in [-0.2, 0) is 79.7 Å². The minimum atomic E-state index is -1.20. The van der Waals surface area contributed by atoms with E-state index >= 15 is 24.0 Å². The molecule has 730 valence electrons. The van der Waals surface area contributed by atoms with E-state index in [1.807, 2.05) is 102 Å². The first-order valence-corrected chi connectivity index (χ1v) is 49.9. The molecule has 3 aromatic carbocycles. The maximum Gasteiger partial charge on any atom is 0.326 e. The Morgan fingerprint density at radius 3 is 1.38 bits per heavy atom. The van der Waals surface area contributed by atoms with Crippen molar-refractivity contribution in [2.24, 2.45) is 59.2 Å². The van der Waals surface area contributed by atoms with Crippen LogP contribution in [0.3, 0.4) is 0 Å². The van der Waals surface area contributed by atoms with E-state index in [-0.39, 0.29) is 115 Å². The highest BCUT2D eigenvalue weighted by Gasteiger charge is 2.57. The summed E-state index contributed by atoms with van der Waals surface area (Å²) in [6, 6.07) is 16.5. The van der Waals surface area contributed by atoms with Crippen molar-refractivity contribution >= 4 is 82.9 Å². The van der Waals surface area contributed by atoms with Crippen molar-refractivity contribution in [1.29, 1.82) is 0 Å². The molecule has 9 rings (SSSR count). The number of aldehydes is 1. The predicted octanol–water partition coefficient (Wildman–Crippen LogP) is 11.2. The molecule has 4 heterocycles. The first-order valence-electron chi connectivity index (χ1n) is 48.8. The minimum absolute atomic E-state index is 0.0679. The lowest BCUT2D eigenvalue weighted by Crippen LogP contribution is -2.60. The Morgan fingerprint density at radius 2 is 0.977 bits per heavy atom. The van der Waals surface area contributed by atoms with Gasteiger partial charge in [0.2, 0.25) is 47.3 Å². The SMILES string of the molecule is CC[C@H](CSCCCCCCN1[C@H](C(=O)N[C@H](C(=O)N(C)[C@@H]([C@@H](C)CC)[C@@H](CC(=O)N2CCC[C@H]2[C@H](OC)[C@@H](C)C(=O)N[C@@H](Cc2ccccc2)C(=O)O)OC)C(C)C)[C@H]2CC[C@H]1[C@H]2C)[C@@H]([C@@H](CC(=O)N1CCC[C@H]1[C@H](OC)[C@@H](C)C(=O)N[C@@H](Cc1ccccc1)C(=O)O)OC)N(C)C(=O)[C@@H](NC(=O)[C@@H]1[C@H]2CC[C@@H]([C@H]2C)N1CCCCCCOc1ccc(C=O)c(N)c1)C(C)C. The summed E-state index contributed by atoms with van der Waals surface area (Å²) in [6.07, 6.45) is 12.4. The molecule has 0 aromatic heterocycles. The molecule has 6 fully saturated rings. The minimum Gasteiger partial charge on any atom is -0.494 e. The molecule has 0 radical (unpaired) electrons. The summed E-state index contributed by atoms with van der Waals surface area (Å²) in [5.74, 6) is -4.31. The smallest absolute Gasteiger partial charge is 0.326 e. The predicted molar refractivity (Wildman–Crippen MR) is 508 cm³/mol. The molecule has 6 aliphatic rings. The van der Waals surface area contributed by atoms with Crippen LogP contribution in [0.15, 0.2) is 78.9 Å². The van der Waals surface area contributed by atoms with Crippen LogP contribution in [-0.4, -0.2) is 289 Å². The Morgan fingerprint density at radius 1 is 0.542 bits per heavy atom. The zero-order valence-corrected chi connectivity index (χ0v) is 82.0. The van der Waals surface area contributed by atoms with Gasteiger partial charge in [-0.25, -0.2) is 9.59 Å². The summed E-state index contributed by atoms with van der Waals surface area (Å²) in [5.41, 5.74) is 8.33. The number of carboxylic acids is 2. The summed E-state index contributed by atoms with van der Waals surface area (Å²) in [7, 11) is 9.65. The second-order valence-electron chi connectivity index (χ2n) is 39.0. The number of hydrogen-bond acceptors (Lipinski definition) is 20. The number of carbonyl (C=O) groups excluding carboxylic acids is 9. The molecule has 2 aliphatic carbocycles. The van der Waals surface area contributed by atoms with E-state index in [1.165, 1.54) is 14.2 Å². The van der Waals surface area contributed by atoms with Gasteiger partial charge < -0.3 is 80.5 Å². The van der Waals surface area contributed by atoms with E-state index in [9.17, 15) is 39.0 Å². The summed E-state index contributed by atoms with van der Waals surface area (Å²) in [4.78, 5) is 167. The van der Waals surface area contributed by atoms with Gasteiger partial charge in [0.25, 0.3) is 0 Å². The lowest BCUT2D eigenvalue weighted by Gasteiger charge is -2.42. The summed E-state index contributed by atoms with van der Waals surface area (Å²) >= 11 is 1.80. The summed E-state index contributed by atoms with van der Waals surface area (Å²) in [5, 5.41) is 32.5. The first-order chi connectivity index (χ1) is 62.7. The Labute approximate surface area is 783 Å². The van der Waals surface area contributed by atoms with Gasteiger partial charge in [0.05, 0.1) is 92.0 Å². The monoisotopic (exact) mass is 1840 g/mol. The van der Waals surface area contributed by atoms with Crippen LogP contribution < -0.4 is 31.7 Å². The standard InChI is InChI=1S/C101H157N11O18S/c1-18-63(7)88(82(126-14)57-84(114)109-50-34-40-80(109)92(128-16)66(10)94(116)103-76(100(122)123)54-68-36-26-24-27-37-68)107(12)98(120)86(61(3)4)105-96(118)90-73-45-47-79(65(73)9)112(90)49-31-21-23-33-53-131-60-70(19-2)89(83(127-15)58-85(115)110-51-35-41-81(110)93(129-17)67(11)95(117)104-77(101(124)125)55-69-38-28-25-29-39-69)108(13)99(121)87(62(5)6)106-97(119)91-74-44-46-78(64(74)8)111(91)48-30-20-22-32-52-130-72-43-42-71(59-113)75(102)56-72/h24-29,36-39,42-43,56,59,61-67,70,73-74,76-83,86-93H,18-23,30-35,40-41,44-55,57-58,60,102H2,1-17H3,(H,103,116)(H,104,117)(H,105,118)(H,106,119)(H,122,123)(H,124,125)/t63-,64-,65-,66+,67+,70+,73-,74-,76-,77-,78-,79-,80-,81-,82+,83+,86-,87-,88-,89-,90-,91-,92+,93+/m0/s1. The first kappa shape index (κ1) is 106. The second-order valence-corrected chi connectivity index (χ2v) is 40.1. The number of fused-ring (bicyclic) bond motifs is 4. The lowest BCUT2D eigenvalue weighted by atomic mass is 9.89. The third-order valence-corrected chi connectivity index (χ3v) is 31.4. The van der Waals surface area contributed by atoms with Crippen molar-refractivity contribution in [3.63, 3.8) is 0 Å².